The number of urea groups is 1. The molecule has 0 aliphatic carbocycles. The van der Waals surface area contributed by atoms with Gasteiger partial charge >= 0.3 is 6.03 Å². The molecule has 1 atom stereocenters. The van der Waals surface area contributed by atoms with Crippen molar-refractivity contribution in [2.24, 2.45) is 0 Å². The van der Waals surface area contributed by atoms with E-state index in [0.717, 1.165) is 0 Å². The van der Waals surface area contributed by atoms with Crippen LogP contribution < -0.4 is 10.6 Å². The Balaban J connectivity index is 2.76. The predicted octanol–water partition coefficient (Wildman–Crippen LogP) is -1.03. The number of rotatable bonds is 1. The zero-order valence-corrected chi connectivity index (χ0v) is 6.34. The molecular formula is C6H10N2O3. The van der Waals surface area contributed by atoms with Gasteiger partial charge < -0.3 is 10.4 Å². The van der Waals surface area contributed by atoms with Crippen LogP contribution in [0.2, 0.25) is 0 Å². The molecule has 1 unspecified atom stereocenters. The highest BCUT2D eigenvalue weighted by atomic mass is 16.3. The van der Waals surface area contributed by atoms with Gasteiger partial charge in [-0.1, -0.05) is 0 Å². The van der Waals surface area contributed by atoms with Crippen molar-refractivity contribution < 1.29 is 14.7 Å². The predicted molar refractivity (Wildman–Crippen MR) is 36.8 cm³/mol. The molecule has 1 fully saturated rings. The molecule has 5 nitrogen and oxygen atoms in total. The highest BCUT2D eigenvalue weighted by molar-refractivity contribution is 6.04. The summed E-state index contributed by atoms with van der Waals surface area (Å²) >= 11 is 0. The van der Waals surface area contributed by atoms with Crippen LogP contribution in [0.15, 0.2) is 0 Å². The summed E-state index contributed by atoms with van der Waals surface area (Å²) in [7, 11) is 0. The van der Waals surface area contributed by atoms with Crippen LogP contribution in [-0.2, 0) is 4.79 Å². The molecule has 1 heterocycles. The van der Waals surface area contributed by atoms with Crippen molar-refractivity contribution in [3.8, 4) is 0 Å². The molecule has 5 heteroatoms. The maximum absolute atomic E-state index is 10.9. The number of imide groups is 1. The first-order chi connectivity index (χ1) is 4.91. The van der Waals surface area contributed by atoms with Crippen molar-refractivity contribution in [2.45, 2.75) is 25.5 Å². The Bertz CT molecular complexity index is 206. The van der Waals surface area contributed by atoms with Crippen LogP contribution in [0, 0.1) is 0 Å². The monoisotopic (exact) mass is 158 g/mol. The summed E-state index contributed by atoms with van der Waals surface area (Å²) < 4.78 is 0. The van der Waals surface area contributed by atoms with E-state index in [1.807, 2.05) is 5.32 Å². The van der Waals surface area contributed by atoms with E-state index in [2.05, 4.69) is 5.32 Å². The lowest BCUT2D eigenvalue weighted by molar-refractivity contribution is -0.124. The fourth-order valence-corrected chi connectivity index (χ4v) is 0.914. The highest BCUT2D eigenvalue weighted by Gasteiger charge is 2.40. The highest BCUT2D eigenvalue weighted by Crippen LogP contribution is 2.11. The number of hydrogen-bond acceptors (Lipinski definition) is 3. The van der Waals surface area contributed by atoms with Gasteiger partial charge in [0, 0.05) is 0 Å². The smallest absolute Gasteiger partial charge is 0.322 e. The Morgan fingerprint density at radius 2 is 2.00 bits per heavy atom. The van der Waals surface area contributed by atoms with Crippen LogP contribution in [-0.4, -0.2) is 28.7 Å². The van der Waals surface area contributed by atoms with Gasteiger partial charge in [0.2, 0.25) is 0 Å². The van der Waals surface area contributed by atoms with Crippen LogP contribution in [0.4, 0.5) is 4.79 Å². The topological polar surface area (TPSA) is 78.4 Å². The molecule has 1 saturated heterocycles. The lowest BCUT2D eigenvalue weighted by atomic mass is 10.00. The Hall–Kier alpha value is -1.10. The molecular weight excluding hydrogens is 148 g/mol. The minimum Gasteiger partial charge on any atom is -0.388 e. The van der Waals surface area contributed by atoms with E-state index < -0.39 is 23.6 Å². The van der Waals surface area contributed by atoms with Gasteiger partial charge in [0.05, 0.1) is 5.60 Å². The molecule has 1 rings (SSSR count). The van der Waals surface area contributed by atoms with Gasteiger partial charge in [-0.05, 0) is 13.8 Å². The van der Waals surface area contributed by atoms with Crippen LogP contribution in [0.1, 0.15) is 13.8 Å². The van der Waals surface area contributed by atoms with E-state index in [9.17, 15) is 14.7 Å². The third-order valence-electron chi connectivity index (χ3n) is 1.48. The second kappa shape index (κ2) is 2.20. The third-order valence-corrected chi connectivity index (χ3v) is 1.48. The van der Waals surface area contributed by atoms with Crippen molar-refractivity contribution in [3.63, 3.8) is 0 Å². The fraction of sp³-hybridized carbons (Fsp3) is 0.667. The summed E-state index contributed by atoms with van der Waals surface area (Å²) in [4.78, 5) is 21.4. The Kier molecular flexibility index (Phi) is 1.60. The zero-order chi connectivity index (χ0) is 8.65. The van der Waals surface area contributed by atoms with E-state index in [4.69, 9.17) is 0 Å². The summed E-state index contributed by atoms with van der Waals surface area (Å²) in [6, 6.07) is -1.39. The average molecular weight is 158 g/mol. The summed E-state index contributed by atoms with van der Waals surface area (Å²) in [6.45, 7) is 2.92. The van der Waals surface area contributed by atoms with Crippen molar-refractivity contribution >= 4 is 11.9 Å². The average Bonchev–Trinajstić information content (AvgIpc) is 2.08. The first-order valence-corrected chi connectivity index (χ1v) is 3.25. The SMILES string of the molecule is CC(C)(O)C1NC(=O)NC1=O. The normalized spacial score (nSPS) is 24.8. The van der Waals surface area contributed by atoms with Gasteiger partial charge in [0.15, 0.2) is 0 Å². The molecule has 0 aromatic carbocycles. The molecule has 0 aromatic heterocycles. The van der Waals surface area contributed by atoms with Gasteiger partial charge in [0.1, 0.15) is 6.04 Å². The summed E-state index contributed by atoms with van der Waals surface area (Å²) in [6.07, 6.45) is 0. The minimum absolute atomic E-state index is 0.484. The number of amides is 3. The number of nitrogens with one attached hydrogen (secondary N) is 2. The van der Waals surface area contributed by atoms with E-state index >= 15 is 0 Å². The van der Waals surface area contributed by atoms with Crippen LogP contribution in [0.3, 0.4) is 0 Å². The molecule has 62 valence electrons. The molecule has 1 aliphatic heterocycles. The molecule has 1 aliphatic rings. The largest absolute Gasteiger partial charge is 0.388 e. The molecule has 3 amide bonds. The van der Waals surface area contributed by atoms with Crippen molar-refractivity contribution in [2.75, 3.05) is 0 Å². The molecule has 0 bridgehead atoms. The van der Waals surface area contributed by atoms with E-state index in [1.54, 1.807) is 0 Å². The third kappa shape index (κ3) is 1.48. The maximum atomic E-state index is 10.9. The Labute approximate surface area is 63.8 Å². The summed E-state index contributed by atoms with van der Waals surface area (Å²) in [5.74, 6) is -0.484. The van der Waals surface area contributed by atoms with Gasteiger partial charge in [-0.3, -0.25) is 10.1 Å². The molecule has 3 N–H and O–H groups in total. The van der Waals surface area contributed by atoms with E-state index in [0.29, 0.717) is 0 Å². The molecule has 11 heavy (non-hydrogen) atoms. The quantitative estimate of drug-likeness (QED) is 0.427. The minimum atomic E-state index is -1.21. The van der Waals surface area contributed by atoms with Crippen LogP contribution >= 0.6 is 0 Å². The first-order valence-electron chi connectivity index (χ1n) is 3.25. The molecule has 0 aromatic rings. The lowest BCUT2D eigenvalue weighted by Gasteiger charge is -2.21. The number of carbonyl (C=O) groups excluding carboxylic acids is 2. The fourth-order valence-electron chi connectivity index (χ4n) is 0.914. The van der Waals surface area contributed by atoms with Gasteiger partial charge in [-0.15, -0.1) is 0 Å². The van der Waals surface area contributed by atoms with Gasteiger partial charge in [0.25, 0.3) is 5.91 Å². The Morgan fingerprint density at radius 1 is 1.45 bits per heavy atom. The maximum Gasteiger partial charge on any atom is 0.322 e. The van der Waals surface area contributed by atoms with Crippen molar-refractivity contribution in [1.82, 2.24) is 10.6 Å². The van der Waals surface area contributed by atoms with Gasteiger partial charge in [-0.25, -0.2) is 4.79 Å². The summed E-state index contributed by atoms with van der Waals surface area (Å²) in [5.41, 5.74) is -1.21. The van der Waals surface area contributed by atoms with Crippen molar-refractivity contribution in [3.05, 3.63) is 0 Å². The zero-order valence-electron chi connectivity index (χ0n) is 6.34. The van der Waals surface area contributed by atoms with Crippen LogP contribution in [0.5, 0.6) is 0 Å². The lowest BCUT2D eigenvalue weighted by Crippen LogP contribution is -2.47. The molecule has 0 radical (unpaired) electrons. The standard InChI is InChI=1S/C6H10N2O3/c1-6(2,11)3-4(9)8-5(10)7-3/h3,11H,1-2H3,(H2,7,8,9,10). The summed E-state index contributed by atoms with van der Waals surface area (Å²) in [5, 5.41) is 13.6. The van der Waals surface area contributed by atoms with Crippen molar-refractivity contribution in [1.29, 1.82) is 0 Å². The molecule has 0 saturated carbocycles. The second-order valence-corrected chi connectivity index (χ2v) is 3.05. The van der Waals surface area contributed by atoms with E-state index in [1.165, 1.54) is 13.8 Å². The first kappa shape index (κ1) is 8.00. The number of hydrogen-bond donors (Lipinski definition) is 3. The van der Waals surface area contributed by atoms with Gasteiger partial charge in [-0.2, -0.15) is 0 Å². The number of aliphatic hydroxyl groups is 1. The van der Waals surface area contributed by atoms with Crippen LogP contribution in [0.25, 0.3) is 0 Å². The molecule has 0 spiro atoms. The number of carbonyl (C=O) groups is 2. The van der Waals surface area contributed by atoms with E-state index in [-0.39, 0.29) is 0 Å². The second-order valence-electron chi connectivity index (χ2n) is 3.05. The Morgan fingerprint density at radius 3 is 2.18 bits per heavy atom.